The third kappa shape index (κ3) is 4.66. The summed E-state index contributed by atoms with van der Waals surface area (Å²) in [5.41, 5.74) is 1.21. The Labute approximate surface area is 148 Å². The Kier molecular flexibility index (Phi) is 5.77. The second-order valence-corrected chi connectivity index (χ2v) is 5.90. The Hall–Kier alpha value is -2.69. The number of ether oxygens (including phenoxy) is 2. The van der Waals surface area contributed by atoms with Gasteiger partial charge in [0.05, 0.1) is 6.61 Å². The van der Waals surface area contributed by atoms with Crippen molar-refractivity contribution < 1.29 is 14.3 Å². The summed E-state index contributed by atoms with van der Waals surface area (Å²) in [4.78, 5) is 16.5. The monoisotopic (exact) mass is 340 g/mol. The topological polar surface area (TPSA) is 42.0 Å². The molecule has 1 heterocycles. The SMILES string of the molecule is CCOc1cccc(OCC(=O)N2CCN(c3ccccc3)CC2)c1. The normalized spacial score (nSPS) is 14.3. The Morgan fingerprint density at radius 1 is 0.920 bits per heavy atom. The van der Waals surface area contributed by atoms with Gasteiger partial charge in [-0.05, 0) is 31.2 Å². The van der Waals surface area contributed by atoms with E-state index in [4.69, 9.17) is 9.47 Å². The van der Waals surface area contributed by atoms with Gasteiger partial charge in [0.15, 0.2) is 6.61 Å². The molecule has 5 heteroatoms. The lowest BCUT2D eigenvalue weighted by Gasteiger charge is -2.36. The van der Waals surface area contributed by atoms with Crippen molar-refractivity contribution in [1.29, 1.82) is 0 Å². The van der Waals surface area contributed by atoms with Crippen molar-refractivity contribution in [2.24, 2.45) is 0 Å². The number of para-hydroxylation sites is 1. The number of amides is 1. The standard InChI is InChI=1S/C20H24N2O3/c1-2-24-18-9-6-10-19(15-18)25-16-20(23)22-13-11-21(12-14-22)17-7-4-3-5-8-17/h3-10,15H,2,11-14,16H2,1H3. The highest BCUT2D eigenvalue weighted by atomic mass is 16.5. The molecule has 0 aliphatic carbocycles. The third-order valence-corrected chi connectivity index (χ3v) is 4.23. The molecule has 0 radical (unpaired) electrons. The molecule has 2 aromatic carbocycles. The molecule has 1 fully saturated rings. The van der Waals surface area contributed by atoms with Gasteiger partial charge in [-0.2, -0.15) is 0 Å². The van der Waals surface area contributed by atoms with Crippen molar-refractivity contribution in [2.45, 2.75) is 6.92 Å². The van der Waals surface area contributed by atoms with Crippen molar-refractivity contribution >= 4 is 11.6 Å². The number of nitrogens with zero attached hydrogens (tertiary/aromatic N) is 2. The van der Waals surface area contributed by atoms with E-state index in [1.807, 2.05) is 54.3 Å². The van der Waals surface area contributed by atoms with Crippen molar-refractivity contribution in [3.8, 4) is 11.5 Å². The van der Waals surface area contributed by atoms with Crippen LogP contribution >= 0.6 is 0 Å². The molecular formula is C20H24N2O3. The van der Waals surface area contributed by atoms with Gasteiger partial charge in [0.25, 0.3) is 5.91 Å². The molecule has 132 valence electrons. The quantitative estimate of drug-likeness (QED) is 0.811. The van der Waals surface area contributed by atoms with E-state index in [9.17, 15) is 4.79 Å². The predicted octanol–water partition coefficient (Wildman–Crippen LogP) is 2.81. The van der Waals surface area contributed by atoms with E-state index in [1.165, 1.54) is 5.69 Å². The van der Waals surface area contributed by atoms with Gasteiger partial charge in [-0.3, -0.25) is 4.79 Å². The summed E-state index contributed by atoms with van der Waals surface area (Å²) in [5, 5.41) is 0. The zero-order valence-electron chi connectivity index (χ0n) is 14.6. The van der Waals surface area contributed by atoms with Crippen LogP contribution in [0, 0.1) is 0 Å². The second-order valence-electron chi connectivity index (χ2n) is 5.90. The first-order valence-electron chi connectivity index (χ1n) is 8.69. The highest BCUT2D eigenvalue weighted by molar-refractivity contribution is 5.78. The average Bonchev–Trinajstić information content (AvgIpc) is 2.67. The molecule has 0 unspecified atom stereocenters. The lowest BCUT2D eigenvalue weighted by Crippen LogP contribution is -2.50. The first kappa shape index (κ1) is 17.1. The molecule has 25 heavy (non-hydrogen) atoms. The van der Waals surface area contributed by atoms with Crippen LogP contribution in [-0.4, -0.2) is 50.2 Å². The maximum atomic E-state index is 12.4. The number of carbonyl (C=O) groups excluding carboxylic acids is 1. The van der Waals surface area contributed by atoms with Gasteiger partial charge < -0.3 is 19.3 Å². The molecule has 1 amide bonds. The third-order valence-electron chi connectivity index (χ3n) is 4.23. The summed E-state index contributed by atoms with van der Waals surface area (Å²) in [6.07, 6.45) is 0. The summed E-state index contributed by atoms with van der Waals surface area (Å²) >= 11 is 0. The van der Waals surface area contributed by atoms with E-state index in [-0.39, 0.29) is 12.5 Å². The van der Waals surface area contributed by atoms with E-state index in [1.54, 1.807) is 0 Å². The smallest absolute Gasteiger partial charge is 0.260 e. The molecule has 0 saturated carbocycles. The molecule has 3 rings (SSSR count). The van der Waals surface area contributed by atoms with Crippen LogP contribution in [0.15, 0.2) is 54.6 Å². The zero-order chi connectivity index (χ0) is 17.5. The zero-order valence-corrected chi connectivity index (χ0v) is 14.6. The second kappa shape index (κ2) is 8.42. The first-order chi connectivity index (χ1) is 12.3. The maximum Gasteiger partial charge on any atom is 0.260 e. The minimum atomic E-state index is 0.0227. The van der Waals surface area contributed by atoms with E-state index in [0.717, 1.165) is 31.9 Å². The number of hydrogen-bond donors (Lipinski definition) is 0. The van der Waals surface area contributed by atoms with Crippen LogP contribution in [0.3, 0.4) is 0 Å². The summed E-state index contributed by atoms with van der Waals surface area (Å²) in [6.45, 7) is 5.72. The number of carbonyl (C=O) groups is 1. The van der Waals surface area contributed by atoms with Gasteiger partial charge in [-0.1, -0.05) is 24.3 Å². The largest absolute Gasteiger partial charge is 0.494 e. The molecule has 1 aliphatic rings. The Morgan fingerprint density at radius 2 is 1.60 bits per heavy atom. The molecule has 1 aliphatic heterocycles. The molecule has 0 N–H and O–H groups in total. The van der Waals surface area contributed by atoms with Gasteiger partial charge in [-0.25, -0.2) is 0 Å². The highest BCUT2D eigenvalue weighted by Gasteiger charge is 2.21. The minimum absolute atomic E-state index is 0.0227. The van der Waals surface area contributed by atoms with Crippen LogP contribution in [0.1, 0.15) is 6.92 Å². The molecule has 1 saturated heterocycles. The van der Waals surface area contributed by atoms with E-state index >= 15 is 0 Å². The average molecular weight is 340 g/mol. The Bertz CT molecular complexity index is 682. The summed E-state index contributed by atoms with van der Waals surface area (Å²) < 4.78 is 11.1. The molecule has 5 nitrogen and oxygen atoms in total. The van der Waals surface area contributed by atoms with Crippen LogP contribution < -0.4 is 14.4 Å². The van der Waals surface area contributed by atoms with Gasteiger partial charge in [-0.15, -0.1) is 0 Å². The van der Waals surface area contributed by atoms with E-state index in [2.05, 4.69) is 17.0 Å². The fourth-order valence-electron chi connectivity index (χ4n) is 2.91. The first-order valence-corrected chi connectivity index (χ1v) is 8.69. The van der Waals surface area contributed by atoms with Gasteiger partial charge in [0.2, 0.25) is 0 Å². The molecular weight excluding hydrogens is 316 g/mol. The summed E-state index contributed by atoms with van der Waals surface area (Å²) in [6, 6.07) is 17.7. The van der Waals surface area contributed by atoms with Crippen molar-refractivity contribution in [3.63, 3.8) is 0 Å². The van der Waals surface area contributed by atoms with Crippen LogP contribution in [0.2, 0.25) is 0 Å². The Morgan fingerprint density at radius 3 is 2.28 bits per heavy atom. The van der Waals surface area contributed by atoms with Crippen LogP contribution in [0.5, 0.6) is 11.5 Å². The minimum Gasteiger partial charge on any atom is -0.494 e. The number of piperazine rings is 1. The molecule has 0 aromatic heterocycles. The van der Waals surface area contributed by atoms with Gasteiger partial charge >= 0.3 is 0 Å². The number of benzene rings is 2. The summed E-state index contributed by atoms with van der Waals surface area (Å²) in [7, 11) is 0. The Balaban J connectivity index is 1.47. The molecule has 0 atom stereocenters. The number of hydrogen-bond acceptors (Lipinski definition) is 4. The van der Waals surface area contributed by atoms with Crippen LogP contribution in [-0.2, 0) is 4.79 Å². The number of anilines is 1. The van der Waals surface area contributed by atoms with Crippen LogP contribution in [0.4, 0.5) is 5.69 Å². The predicted molar refractivity (Wildman–Crippen MR) is 98.3 cm³/mol. The molecule has 0 bridgehead atoms. The van der Waals surface area contributed by atoms with Gasteiger partial charge in [0, 0.05) is 37.9 Å². The molecule has 2 aromatic rings. The van der Waals surface area contributed by atoms with Crippen LogP contribution in [0.25, 0.3) is 0 Å². The van der Waals surface area contributed by atoms with Gasteiger partial charge in [0.1, 0.15) is 11.5 Å². The summed E-state index contributed by atoms with van der Waals surface area (Å²) in [5.74, 6) is 1.43. The maximum absolute atomic E-state index is 12.4. The lowest BCUT2D eigenvalue weighted by molar-refractivity contribution is -0.133. The number of rotatable bonds is 6. The highest BCUT2D eigenvalue weighted by Crippen LogP contribution is 2.20. The van der Waals surface area contributed by atoms with Crippen molar-refractivity contribution in [1.82, 2.24) is 4.90 Å². The fraction of sp³-hybridized carbons (Fsp3) is 0.350. The lowest BCUT2D eigenvalue weighted by atomic mass is 10.2. The molecule has 0 spiro atoms. The van der Waals surface area contributed by atoms with E-state index < -0.39 is 0 Å². The van der Waals surface area contributed by atoms with Crippen molar-refractivity contribution in [2.75, 3.05) is 44.3 Å². The fourth-order valence-corrected chi connectivity index (χ4v) is 2.91. The van der Waals surface area contributed by atoms with Crippen molar-refractivity contribution in [3.05, 3.63) is 54.6 Å². The van der Waals surface area contributed by atoms with E-state index in [0.29, 0.717) is 12.4 Å².